The SMILES string of the molecule is CSCCNS(=O)(=O)c1cccc2cc(N)ccc12. The first-order chi connectivity index (χ1) is 9.04. The summed E-state index contributed by atoms with van der Waals surface area (Å²) >= 11 is 1.60. The van der Waals surface area contributed by atoms with Crippen LogP contribution in [0.4, 0.5) is 5.69 Å². The van der Waals surface area contributed by atoms with Gasteiger partial charge in [-0.15, -0.1) is 0 Å². The van der Waals surface area contributed by atoms with Gasteiger partial charge in [-0.05, 0) is 29.8 Å². The van der Waals surface area contributed by atoms with Crippen LogP contribution in [0.3, 0.4) is 0 Å². The van der Waals surface area contributed by atoms with Crippen molar-refractivity contribution in [3.8, 4) is 0 Å². The number of anilines is 1. The van der Waals surface area contributed by atoms with Crippen LogP contribution in [0.15, 0.2) is 41.3 Å². The molecule has 6 heteroatoms. The molecule has 0 unspecified atom stereocenters. The highest BCUT2D eigenvalue weighted by atomic mass is 32.2. The Hall–Kier alpha value is -1.24. The van der Waals surface area contributed by atoms with Gasteiger partial charge in [0, 0.05) is 23.4 Å². The van der Waals surface area contributed by atoms with Crippen LogP contribution in [0, 0.1) is 0 Å². The first-order valence-corrected chi connectivity index (χ1v) is 8.69. The molecular weight excluding hydrogens is 280 g/mol. The van der Waals surface area contributed by atoms with E-state index in [1.807, 2.05) is 12.3 Å². The van der Waals surface area contributed by atoms with Gasteiger partial charge >= 0.3 is 0 Å². The Balaban J connectivity index is 2.44. The lowest BCUT2D eigenvalue weighted by Gasteiger charge is -2.09. The maximum absolute atomic E-state index is 12.3. The number of rotatable bonds is 5. The van der Waals surface area contributed by atoms with Gasteiger partial charge in [0.1, 0.15) is 0 Å². The van der Waals surface area contributed by atoms with E-state index in [4.69, 9.17) is 5.73 Å². The minimum absolute atomic E-state index is 0.297. The Morgan fingerprint density at radius 1 is 1.26 bits per heavy atom. The lowest BCUT2D eigenvalue weighted by molar-refractivity contribution is 0.585. The zero-order valence-corrected chi connectivity index (χ0v) is 12.2. The molecule has 0 amide bonds. The quantitative estimate of drug-likeness (QED) is 0.654. The minimum Gasteiger partial charge on any atom is -0.399 e. The van der Waals surface area contributed by atoms with Gasteiger partial charge in [-0.25, -0.2) is 13.1 Å². The highest BCUT2D eigenvalue weighted by molar-refractivity contribution is 7.98. The Kier molecular flexibility index (Phi) is 4.34. The highest BCUT2D eigenvalue weighted by Gasteiger charge is 2.16. The molecule has 0 fully saturated rings. The van der Waals surface area contributed by atoms with E-state index in [9.17, 15) is 8.42 Å². The summed E-state index contributed by atoms with van der Waals surface area (Å²) in [5.41, 5.74) is 6.34. The van der Waals surface area contributed by atoms with E-state index in [1.165, 1.54) is 0 Å². The summed E-state index contributed by atoms with van der Waals surface area (Å²) in [7, 11) is -3.48. The molecule has 2 aromatic carbocycles. The van der Waals surface area contributed by atoms with E-state index >= 15 is 0 Å². The number of sulfonamides is 1. The third-order valence-electron chi connectivity index (χ3n) is 2.75. The van der Waals surface area contributed by atoms with Gasteiger partial charge < -0.3 is 5.73 Å². The van der Waals surface area contributed by atoms with Crippen LogP contribution in [0.2, 0.25) is 0 Å². The number of nitrogens with two attached hydrogens (primary N) is 1. The van der Waals surface area contributed by atoms with Crippen LogP contribution in [0.1, 0.15) is 0 Å². The molecule has 0 saturated heterocycles. The van der Waals surface area contributed by atoms with Gasteiger partial charge in [0.05, 0.1) is 4.90 Å². The molecule has 0 aliphatic heterocycles. The molecular formula is C13H16N2O2S2. The molecule has 102 valence electrons. The molecule has 0 atom stereocenters. The zero-order valence-electron chi connectivity index (χ0n) is 10.6. The molecule has 0 saturated carbocycles. The molecule has 0 aromatic heterocycles. The van der Waals surface area contributed by atoms with E-state index in [0.29, 0.717) is 22.5 Å². The fourth-order valence-electron chi connectivity index (χ4n) is 1.86. The summed E-state index contributed by atoms with van der Waals surface area (Å²) in [6.07, 6.45) is 1.94. The van der Waals surface area contributed by atoms with Crippen LogP contribution in [-0.4, -0.2) is 27.0 Å². The number of benzene rings is 2. The largest absolute Gasteiger partial charge is 0.399 e. The van der Waals surface area contributed by atoms with Crippen molar-refractivity contribution in [3.05, 3.63) is 36.4 Å². The number of nitrogens with one attached hydrogen (secondary N) is 1. The molecule has 0 aliphatic carbocycles. The van der Waals surface area contributed by atoms with Crippen molar-refractivity contribution in [2.45, 2.75) is 4.90 Å². The van der Waals surface area contributed by atoms with E-state index in [-0.39, 0.29) is 0 Å². The molecule has 0 heterocycles. The van der Waals surface area contributed by atoms with E-state index < -0.39 is 10.0 Å². The van der Waals surface area contributed by atoms with Crippen molar-refractivity contribution < 1.29 is 8.42 Å². The van der Waals surface area contributed by atoms with Crippen molar-refractivity contribution >= 4 is 38.2 Å². The second-order valence-electron chi connectivity index (χ2n) is 4.13. The van der Waals surface area contributed by atoms with Crippen molar-refractivity contribution in [2.24, 2.45) is 0 Å². The van der Waals surface area contributed by atoms with E-state index in [1.54, 1.807) is 42.1 Å². The molecule has 4 nitrogen and oxygen atoms in total. The minimum atomic E-state index is -3.48. The number of nitrogen functional groups attached to an aromatic ring is 1. The van der Waals surface area contributed by atoms with Crippen molar-refractivity contribution in [2.75, 3.05) is 24.3 Å². The molecule has 3 N–H and O–H groups in total. The summed E-state index contributed by atoms with van der Waals surface area (Å²) in [6, 6.07) is 10.4. The standard InChI is InChI=1S/C13H16N2O2S2/c1-18-8-7-15-19(16,17)13-4-2-3-10-9-11(14)5-6-12(10)13/h2-6,9,15H,7-8,14H2,1H3. The number of thioether (sulfide) groups is 1. The Bertz CT molecular complexity index is 684. The third-order valence-corrected chi connectivity index (χ3v) is 4.88. The monoisotopic (exact) mass is 296 g/mol. The molecule has 0 aliphatic rings. The summed E-state index contributed by atoms with van der Waals surface area (Å²) in [5, 5.41) is 1.51. The second kappa shape index (κ2) is 5.81. The first kappa shape index (κ1) is 14.2. The highest BCUT2D eigenvalue weighted by Crippen LogP contribution is 2.24. The number of hydrogen-bond acceptors (Lipinski definition) is 4. The molecule has 19 heavy (non-hydrogen) atoms. The van der Waals surface area contributed by atoms with Gasteiger partial charge in [-0.3, -0.25) is 0 Å². The first-order valence-electron chi connectivity index (χ1n) is 5.81. The fraction of sp³-hybridized carbons (Fsp3) is 0.231. The number of hydrogen-bond donors (Lipinski definition) is 2. The maximum atomic E-state index is 12.3. The molecule has 0 bridgehead atoms. The molecule has 2 aromatic rings. The van der Waals surface area contributed by atoms with Crippen LogP contribution in [0.5, 0.6) is 0 Å². The van der Waals surface area contributed by atoms with E-state index in [0.717, 1.165) is 11.1 Å². The maximum Gasteiger partial charge on any atom is 0.241 e. The van der Waals surface area contributed by atoms with Crippen LogP contribution >= 0.6 is 11.8 Å². The van der Waals surface area contributed by atoms with Gasteiger partial charge in [0.15, 0.2) is 0 Å². The summed E-state index contributed by atoms with van der Waals surface area (Å²) in [5.74, 6) is 0.747. The van der Waals surface area contributed by atoms with Crippen LogP contribution in [-0.2, 0) is 10.0 Å². The lowest BCUT2D eigenvalue weighted by atomic mass is 10.1. The Morgan fingerprint density at radius 2 is 2.05 bits per heavy atom. The smallest absolute Gasteiger partial charge is 0.241 e. The Labute approximate surface area is 117 Å². The van der Waals surface area contributed by atoms with E-state index in [2.05, 4.69) is 4.72 Å². The Morgan fingerprint density at radius 3 is 2.79 bits per heavy atom. The predicted molar refractivity (Wildman–Crippen MR) is 81.9 cm³/mol. The topological polar surface area (TPSA) is 72.2 Å². The number of fused-ring (bicyclic) bond motifs is 1. The van der Waals surface area contributed by atoms with Gasteiger partial charge in [0.2, 0.25) is 10.0 Å². The lowest BCUT2D eigenvalue weighted by Crippen LogP contribution is -2.26. The average molecular weight is 296 g/mol. The average Bonchev–Trinajstić information content (AvgIpc) is 2.37. The zero-order chi connectivity index (χ0) is 13.9. The van der Waals surface area contributed by atoms with Crippen LogP contribution in [0.25, 0.3) is 10.8 Å². The van der Waals surface area contributed by atoms with Crippen molar-refractivity contribution in [1.82, 2.24) is 4.72 Å². The predicted octanol–water partition coefficient (Wildman–Crippen LogP) is 2.06. The van der Waals surface area contributed by atoms with Crippen molar-refractivity contribution in [3.63, 3.8) is 0 Å². The second-order valence-corrected chi connectivity index (χ2v) is 6.85. The molecule has 0 spiro atoms. The molecule has 0 radical (unpaired) electrons. The fourth-order valence-corrected chi connectivity index (χ4v) is 3.56. The van der Waals surface area contributed by atoms with Gasteiger partial charge in [-0.2, -0.15) is 11.8 Å². The summed E-state index contributed by atoms with van der Waals surface area (Å²) in [6.45, 7) is 0.425. The summed E-state index contributed by atoms with van der Waals surface area (Å²) < 4.78 is 27.1. The normalized spacial score (nSPS) is 11.8. The van der Waals surface area contributed by atoms with Crippen molar-refractivity contribution in [1.29, 1.82) is 0 Å². The van der Waals surface area contributed by atoms with Crippen LogP contribution < -0.4 is 10.5 Å². The third kappa shape index (κ3) is 3.20. The van der Waals surface area contributed by atoms with Gasteiger partial charge in [-0.1, -0.05) is 18.2 Å². The summed E-state index contributed by atoms with van der Waals surface area (Å²) in [4.78, 5) is 0.297. The van der Waals surface area contributed by atoms with Gasteiger partial charge in [0.25, 0.3) is 0 Å². The molecule has 2 rings (SSSR count).